The summed E-state index contributed by atoms with van der Waals surface area (Å²) >= 11 is 0. The van der Waals surface area contributed by atoms with E-state index in [1.165, 1.54) is 0 Å². The van der Waals surface area contributed by atoms with E-state index in [-0.39, 0.29) is 5.60 Å². The van der Waals surface area contributed by atoms with Crippen molar-refractivity contribution in [3.05, 3.63) is 18.0 Å². The second kappa shape index (κ2) is 7.31. The summed E-state index contributed by atoms with van der Waals surface area (Å²) in [6, 6.07) is 1.76. The van der Waals surface area contributed by atoms with E-state index in [1.807, 2.05) is 0 Å². The highest BCUT2D eigenvalue weighted by Gasteiger charge is 2.26. The smallest absolute Gasteiger partial charge is 0.184 e. The van der Waals surface area contributed by atoms with E-state index in [0.29, 0.717) is 24.7 Å². The first-order chi connectivity index (χ1) is 9.16. The summed E-state index contributed by atoms with van der Waals surface area (Å²) in [5.74, 6) is 1.27. The van der Waals surface area contributed by atoms with Crippen LogP contribution in [0.1, 0.15) is 32.4 Å². The first-order valence-corrected chi connectivity index (χ1v) is 6.56. The third kappa shape index (κ3) is 3.58. The largest absolute Gasteiger partial charge is 0.493 e. The minimum Gasteiger partial charge on any atom is -0.493 e. The number of hydrogen-bond donors (Lipinski definition) is 1. The third-order valence-corrected chi connectivity index (χ3v) is 3.54. The van der Waals surface area contributed by atoms with Gasteiger partial charge in [-0.15, -0.1) is 0 Å². The number of rotatable bonds is 8. The van der Waals surface area contributed by atoms with Gasteiger partial charge in [-0.1, -0.05) is 13.8 Å². The fourth-order valence-corrected chi connectivity index (χ4v) is 1.98. The van der Waals surface area contributed by atoms with Crippen LogP contribution in [0.15, 0.2) is 12.3 Å². The molecule has 5 heteroatoms. The molecule has 5 nitrogen and oxygen atoms in total. The molecule has 0 radical (unpaired) electrons. The van der Waals surface area contributed by atoms with Gasteiger partial charge in [-0.3, -0.25) is 4.98 Å². The van der Waals surface area contributed by atoms with Crippen molar-refractivity contribution in [2.75, 3.05) is 20.8 Å². The van der Waals surface area contributed by atoms with Crippen LogP contribution in [0.3, 0.4) is 0 Å². The van der Waals surface area contributed by atoms with Crippen LogP contribution in [0.25, 0.3) is 0 Å². The predicted molar refractivity (Wildman–Crippen MR) is 74.5 cm³/mol. The number of pyridine rings is 1. The third-order valence-electron chi connectivity index (χ3n) is 3.54. The van der Waals surface area contributed by atoms with Crippen LogP contribution in [0.5, 0.6) is 11.5 Å². The second-order valence-electron chi connectivity index (χ2n) is 4.38. The molecule has 0 aliphatic carbocycles. The van der Waals surface area contributed by atoms with Crippen LogP contribution in [-0.4, -0.2) is 31.3 Å². The lowest BCUT2D eigenvalue weighted by molar-refractivity contribution is -0.0572. The first-order valence-electron chi connectivity index (χ1n) is 6.56. The summed E-state index contributed by atoms with van der Waals surface area (Å²) in [7, 11) is 3.20. The molecule has 0 fully saturated rings. The number of ether oxygens (including phenoxy) is 3. The van der Waals surface area contributed by atoms with E-state index in [0.717, 1.165) is 18.5 Å². The minimum atomic E-state index is -0.296. The summed E-state index contributed by atoms with van der Waals surface area (Å²) < 4.78 is 16.6. The Hall–Kier alpha value is -1.33. The maximum Gasteiger partial charge on any atom is 0.184 e. The molecular formula is C14H24N2O3. The van der Waals surface area contributed by atoms with Crippen molar-refractivity contribution >= 4 is 0 Å². The van der Waals surface area contributed by atoms with Crippen molar-refractivity contribution in [2.24, 2.45) is 5.73 Å². The van der Waals surface area contributed by atoms with Crippen molar-refractivity contribution in [3.8, 4) is 11.5 Å². The van der Waals surface area contributed by atoms with Crippen molar-refractivity contribution < 1.29 is 14.2 Å². The van der Waals surface area contributed by atoms with Gasteiger partial charge in [-0.05, 0) is 12.8 Å². The molecule has 1 rings (SSSR count). The number of methoxy groups -OCH3 is 2. The van der Waals surface area contributed by atoms with Gasteiger partial charge in [0.25, 0.3) is 0 Å². The molecule has 0 amide bonds. The molecule has 108 valence electrons. The highest BCUT2D eigenvalue weighted by molar-refractivity contribution is 5.42. The highest BCUT2D eigenvalue weighted by atomic mass is 16.5. The number of nitrogens with zero attached hydrogens (tertiary/aromatic N) is 1. The molecule has 1 aromatic heterocycles. The van der Waals surface area contributed by atoms with Gasteiger partial charge >= 0.3 is 0 Å². The number of hydrogen-bond acceptors (Lipinski definition) is 5. The van der Waals surface area contributed by atoms with E-state index >= 15 is 0 Å². The topological polar surface area (TPSA) is 66.6 Å². The summed E-state index contributed by atoms with van der Waals surface area (Å²) in [6.45, 7) is 5.00. The fourth-order valence-electron chi connectivity index (χ4n) is 1.98. The van der Waals surface area contributed by atoms with Crippen molar-refractivity contribution in [1.82, 2.24) is 4.98 Å². The lowest BCUT2D eigenvalue weighted by Gasteiger charge is -2.30. The van der Waals surface area contributed by atoms with Gasteiger partial charge in [0.1, 0.15) is 5.69 Å². The average molecular weight is 268 g/mol. The Balaban J connectivity index is 2.88. The Bertz CT molecular complexity index is 384. The molecule has 0 aromatic carbocycles. The summed E-state index contributed by atoms with van der Waals surface area (Å²) in [5, 5.41) is 0. The summed E-state index contributed by atoms with van der Waals surface area (Å²) in [6.07, 6.45) is 3.42. The van der Waals surface area contributed by atoms with Gasteiger partial charge in [0.05, 0.1) is 26.4 Å². The van der Waals surface area contributed by atoms with Crippen LogP contribution in [0.2, 0.25) is 0 Å². The zero-order chi connectivity index (χ0) is 14.3. The first kappa shape index (κ1) is 15.7. The summed E-state index contributed by atoms with van der Waals surface area (Å²) in [5.41, 5.74) is 6.25. The second-order valence-corrected chi connectivity index (χ2v) is 4.38. The van der Waals surface area contributed by atoms with Gasteiger partial charge in [0.15, 0.2) is 11.5 Å². The van der Waals surface area contributed by atoms with E-state index in [2.05, 4.69) is 18.8 Å². The SMILES string of the molecule is CCC(CC)(CN)OCc1nccc(OC)c1OC. The molecule has 1 heterocycles. The van der Waals surface area contributed by atoms with Gasteiger partial charge in [-0.25, -0.2) is 0 Å². The normalized spacial score (nSPS) is 11.4. The Morgan fingerprint density at radius 3 is 2.37 bits per heavy atom. The molecule has 0 aliphatic heterocycles. The molecule has 0 saturated heterocycles. The van der Waals surface area contributed by atoms with Gasteiger partial charge < -0.3 is 19.9 Å². The Morgan fingerprint density at radius 2 is 1.89 bits per heavy atom. The molecule has 0 spiro atoms. The van der Waals surface area contributed by atoms with E-state index in [4.69, 9.17) is 19.9 Å². The van der Waals surface area contributed by atoms with Gasteiger partial charge in [0, 0.05) is 18.8 Å². The van der Waals surface area contributed by atoms with Crippen molar-refractivity contribution in [3.63, 3.8) is 0 Å². The molecule has 0 bridgehead atoms. The Kier molecular flexibility index (Phi) is 6.05. The molecule has 1 aromatic rings. The van der Waals surface area contributed by atoms with Crippen molar-refractivity contribution in [2.45, 2.75) is 38.9 Å². The molecule has 2 N–H and O–H groups in total. The number of aromatic nitrogens is 1. The van der Waals surface area contributed by atoms with Crippen LogP contribution < -0.4 is 15.2 Å². The van der Waals surface area contributed by atoms with Crippen molar-refractivity contribution in [1.29, 1.82) is 0 Å². The molecule has 19 heavy (non-hydrogen) atoms. The molecule has 0 atom stereocenters. The standard InChI is InChI=1S/C14H24N2O3/c1-5-14(6-2,10-15)19-9-11-13(18-4)12(17-3)7-8-16-11/h7-8H,5-6,9-10,15H2,1-4H3. The van der Waals surface area contributed by atoms with Crippen LogP contribution >= 0.6 is 0 Å². The minimum absolute atomic E-state index is 0.296. The monoisotopic (exact) mass is 268 g/mol. The summed E-state index contributed by atoms with van der Waals surface area (Å²) in [4.78, 5) is 4.29. The van der Waals surface area contributed by atoms with E-state index < -0.39 is 0 Å². The maximum absolute atomic E-state index is 5.98. The average Bonchev–Trinajstić information content (AvgIpc) is 2.48. The fraction of sp³-hybridized carbons (Fsp3) is 0.643. The maximum atomic E-state index is 5.98. The Labute approximate surface area is 115 Å². The van der Waals surface area contributed by atoms with Gasteiger partial charge in [0.2, 0.25) is 0 Å². The molecule has 0 saturated carbocycles. The number of nitrogens with two attached hydrogens (primary N) is 1. The van der Waals surface area contributed by atoms with Crippen LogP contribution in [0.4, 0.5) is 0 Å². The molecular weight excluding hydrogens is 244 g/mol. The molecule has 0 aliphatic rings. The van der Waals surface area contributed by atoms with Crippen LogP contribution in [-0.2, 0) is 11.3 Å². The van der Waals surface area contributed by atoms with Crippen LogP contribution in [0, 0.1) is 0 Å². The lowest BCUT2D eigenvalue weighted by atomic mass is 9.97. The zero-order valence-electron chi connectivity index (χ0n) is 12.2. The van der Waals surface area contributed by atoms with Gasteiger partial charge in [-0.2, -0.15) is 0 Å². The van der Waals surface area contributed by atoms with E-state index in [1.54, 1.807) is 26.5 Å². The zero-order valence-corrected chi connectivity index (χ0v) is 12.2. The highest BCUT2D eigenvalue weighted by Crippen LogP contribution is 2.31. The Morgan fingerprint density at radius 1 is 1.21 bits per heavy atom. The van der Waals surface area contributed by atoms with E-state index in [9.17, 15) is 0 Å². The predicted octanol–water partition coefficient (Wildman–Crippen LogP) is 2.13. The molecule has 0 unspecified atom stereocenters. The quantitative estimate of drug-likeness (QED) is 0.782. The lowest BCUT2D eigenvalue weighted by Crippen LogP contribution is -2.39.